The molecule has 0 unspecified atom stereocenters. The van der Waals surface area contributed by atoms with E-state index < -0.39 is 0 Å². The molecule has 0 spiro atoms. The Morgan fingerprint density at radius 2 is 2.12 bits per heavy atom. The maximum absolute atomic E-state index is 5.22. The molecule has 0 aromatic heterocycles. The van der Waals surface area contributed by atoms with Crippen LogP contribution in [0.25, 0.3) is 0 Å². The lowest BCUT2D eigenvalue weighted by molar-refractivity contribution is 0.323. The minimum Gasteiger partial charge on any atom is -0.497 e. The summed E-state index contributed by atoms with van der Waals surface area (Å²) in [6, 6.07) is 8.25. The summed E-state index contributed by atoms with van der Waals surface area (Å²) < 4.78 is 5.22. The number of nitrogens with zero attached hydrogens (tertiary/aromatic N) is 1. The maximum Gasteiger partial charge on any atom is 0.119 e. The molecule has 0 saturated heterocycles. The Bertz CT molecular complexity index is 315. The smallest absolute Gasteiger partial charge is 0.119 e. The third kappa shape index (κ3) is 5.71. The predicted molar refractivity (Wildman–Crippen MR) is 72.5 cm³/mol. The van der Waals surface area contributed by atoms with Gasteiger partial charge >= 0.3 is 0 Å². The highest BCUT2D eigenvalue weighted by molar-refractivity contribution is 5.28. The van der Waals surface area contributed by atoms with Crippen molar-refractivity contribution in [3.05, 3.63) is 29.8 Å². The summed E-state index contributed by atoms with van der Waals surface area (Å²) in [5, 5.41) is 3.41. The third-order valence-electron chi connectivity index (χ3n) is 2.68. The minimum absolute atomic E-state index is 0.931. The maximum atomic E-state index is 5.22. The highest BCUT2D eigenvalue weighted by Gasteiger charge is 2.01. The molecule has 1 N–H and O–H groups in total. The molecule has 0 atom stereocenters. The van der Waals surface area contributed by atoms with Gasteiger partial charge in [-0.2, -0.15) is 0 Å². The number of ether oxygens (including phenoxy) is 1. The molecule has 0 amide bonds. The van der Waals surface area contributed by atoms with Gasteiger partial charge in [-0.1, -0.05) is 19.1 Å². The van der Waals surface area contributed by atoms with E-state index in [0.717, 1.165) is 31.9 Å². The Hall–Kier alpha value is -1.06. The van der Waals surface area contributed by atoms with Gasteiger partial charge in [0.1, 0.15) is 5.75 Å². The number of hydrogen-bond donors (Lipinski definition) is 1. The lowest BCUT2D eigenvalue weighted by Gasteiger charge is -2.17. The summed E-state index contributed by atoms with van der Waals surface area (Å²) in [7, 11) is 3.85. The number of benzene rings is 1. The SMILES string of the molecule is CCCNCCN(C)Cc1cccc(OC)c1. The van der Waals surface area contributed by atoms with Crippen molar-refractivity contribution >= 4 is 0 Å². The van der Waals surface area contributed by atoms with Crippen LogP contribution in [0.15, 0.2) is 24.3 Å². The molecular formula is C14H24N2O. The van der Waals surface area contributed by atoms with Crippen LogP contribution >= 0.6 is 0 Å². The van der Waals surface area contributed by atoms with E-state index in [0.29, 0.717) is 0 Å². The quantitative estimate of drug-likeness (QED) is 0.700. The van der Waals surface area contributed by atoms with Crippen molar-refractivity contribution in [2.75, 3.05) is 33.8 Å². The summed E-state index contributed by atoms with van der Waals surface area (Å²) in [5.74, 6) is 0.931. The summed E-state index contributed by atoms with van der Waals surface area (Å²) >= 11 is 0. The highest BCUT2D eigenvalue weighted by Crippen LogP contribution is 2.13. The second-order valence-corrected chi connectivity index (χ2v) is 4.34. The average Bonchev–Trinajstić information content (AvgIpc) is 2.35. The van der Waals surface area contributed by atoms with E-state index in [1.54, 1.807) is 7.11 Å². The standard InChI is InChI=1S/C14H24N2O/c1-4-8-15-9-10-16(2)12-13-6-5-7-14(11-13)17-3/h5-7,11,15H,4,8-10,12H2,1-3H3. The summed E-state index contributed by atoms with van der Waals surface area (Å²) in [5.41, 5.74) is 1.29. The number of nitrogens with one attached hydrogen (secondary N) is 1. The first-order valence-electron chi connectivity index (χ1n) is 6.28. The largest absolute Gasteiger partial charge is 0.497 e. The molecular weight excluding hydrogens is 212 g/mol. The molecule has 3 nitrogen and oxygen atoms in total. The predicted octanol–water partition coefficient (Wildman–Crippen LogP) is 2.13. The summed E-state index contributed by atoms with van der Waals surface area (Å²) in [6.45, 7) is 6.37. The molecule has 96 valence electrons. The van der Waals surface area contributed by atoms with Gasteiger partial charge in [0.25, 0.3) is 0 Å². The number of rotatable bonds is 8. The van der Waals surface area contributed by atoms with Gasteiger partial charge in [0.2, 0.25) is 0 Å². The van der Waals surface area contributed by atoms with E-state index in [2.05, 4.69) is 36.3 Å². The van der Waals surface area contributed by atoms with Crippen molar-refractivity contribution in [2.45, 2.75) is 19.9 Å². The monoisotopic (exact) mass is 236 g/mol. The summed E-state index contributed by atoms with van der Waals surface area (Å²) in [6.07, 6.45) is 1.19. The first kappa shape index (κ1) is 14.0. The number of likely N-dealkylation sites (N-methyl/N-ethyl adjacent to an activating group) is 1. The zero-order valence-corrected chi connectivity index (χ0v) is 11.2. The molecule has 0 heterocycles. The molecule has 0 bridgehead atoms. The Morgan fingerprint density at radius 1 is 1.29 bits per heavy atom. The molecule has 0 radical (unpaired) electrons. The van der Waals surface area contributed by atoms with Crippen LogP contribution in [0.3, 0.4) is 0 Å². The van der Waals surface area contributed by atoms with Crippen molar-refractivity contribution < 1.29 is 4.74 Å². The molecule has 0 aliphatic carbocycles. The van der Waals surface area contributed by atoms with Gasteiger partial charge in [0, 0.05) is 19.6 Å². The average molecular weight is 236 g/mol. The molecule has 0 saturated carbocycles. The lowest BCUT2D eigenvalue weighted by Crippen LogP contribution is -2.29. The fourth-order valence-electron chi connectivity index (χ4n) is 1.73. The minimum atomic E-state index is 0.931. The molecule has 17 heavy (non-hydrogen) atoms. The van der Waals surface area contributed by atoms with Crippen LogP contribution in [0.1, 0.15) is 18.9 Å². The Labute approximate surface area is 105 Å². The van der Waals surface area contributed by atoms with Gasteiger partial charge in [-0.05, 0) is 37.7 Å². The van der Waals surface area contributed by atoms with Gasteiger partial charge in [-0.3, -0.25) is 0 Å². The van der Waals surface area contributed by atoms with Crippen molar-refractivity contribution in [1.82, 2.24) is 10.2 Å². The van der Waals surface area contributed by atoms with Crippen LogP contribution in [0.5, 0.6) is 5.75 Å². The van der Waals surface area contributed by atoms with Crippen molar-refractivity contribution in [3.8, 4) is 5.75 Å². The van der Waals surface area contributed by atoms with E-state index in [4.69, 9.17) is 4.74 Å². The number of hydrogen-bond acceptors (Lipinski definition) is 3. The van der Waals surface area contributed by atoms with Crippen molar-refractivity contribution in [2.24, 2.45) is 0 Å². The molecule has 0 aliphatic rings. The lowest BCUT2D eigenvalue weighted by atomic mass is 10.2. The van der Waals surface area contributed by atoms with E-state index in [1.165, 1.54) is 12.0 Å². The van der Waals surface area contributed by atoms with Crippen molar-refractivity contribution in [3.63, 3.8) is 0 Å². The van der Waals surface area contributed by atoms with Gasteiger partial charge in [-0.25, -0.2) is 0 Å². The topological polar surface area (TPSA) is 24.5 Å². The van der Waals surface area contributed by atoms with Gasteiger partial charge < -0.3 is 15.0 Å². The van der Waals surface area contributed by atoms with Gasteiger partial charge in [-0.15, -0.1) is 0 Å². The molecule has 0 aliphatic heterocycles. The van der Waals surface area contributed by atoms with Crippen molar-refractivity contribution in [1.29, 1.82) is 0 Å². The van der Waals surface area contributed by atoms with Crippen LogP contribution in [0, 0.1) is 0 Å². The Morgan fingerprint density at radius 3 is 2.82 bits per heavy atom. The molecule has 1 aromatic carbocycles. The Kier molecular flexibility index (Phi) is 6.67. The first-order chi connectivity index (χ1) is 8.26. The Balaban J connectivity index is 2.31. The number of methoxy groups -OCH3 is 1. The molecule has 0 fully saturated rings. The van der Waals surface area contributed by atoms with E-state index in [-0.39, 0.29) is 0 Å². The fraction of sp³-hybridized carbons (Fsp3) is 0.571. The molecule has 3 heteroatoms. The second kappa shape index (κ2) is 8.09. The van der Waals surface area contributed by atoms with Crippen LogP contribution < -0.4 is 10.1 Å². The van der Waals surface area contributed by atoms with E-state index in [1.807, 2.05) is 12.1 Å². The van der Waals surface area contributed by atoms with E-state index >= 15 is 0 Å². The second-order valence-electron chi connectivity index (χ2n) is 4.34. The fourth-order valence-corrected chi connectivity index (χ4v) is 1.73. The van der Waals surface area contributed by atoms with Gasteiger partial charge in [0.05, 0.1) is 7.11 Å². The van der Waals surface area contributed by atoms with Gasteiger partial charge in [0.15, 0.2) is 0 Å². The van der Waals surface area contributed by atoms with Crippen LogP contribution in [-0.2, 0) is 6.54 Å². The normalized spacial score (nSPS) is 10.8. The highest BCUT2D eigenvalue weighted by atomic mass is 16.5. The molecule has 1 rings (SSSR count). The van der Waals surface area contributed by atoms with Crippen LogP contribution in [-0.4, -0.2) is 38.7 Å². The zero-order valence-electron chi connectivity index (χ0n) is 11.2. The van der Waals surface area contributed by atoms with Crippen LogP contribution in [0.2, 0.25) is 0 Å². The zero-order chi connectivity index (χ0) is 12.5. The first-order valence-corrected chi connectivity index (χ1v) is 6.28. The summed E-state index contributed by atoms with van der Waals surface area (Å²) in [4.78, 5) is 2.32. The molecule has 1 aromatic rings. The van der Waals surface area contributed by atoms with E-state index in [9.17, 15) is 0 Å². The third-order valence-corrected chi connectivity index (χ3v) is 2.68. The van der Waals surface area contributed by atoms with Crippen LogP contribution in [0.4, 0.5) is 0 Å².